The van der Waals surface area contributed by atoms with Crippen LogP contribution in [0.3, 0.4) is 0 Å². The van der Waals surface area contributed by atoms with E-state index >= 15 is 0 Å². The Labute approximate surface area is 612 Å². The van der Waals surface area contributed by atoms with E-state index in [9.17, 15) is 102 Å². The highest BCUT2D eigenvalue weighted by atomic mass is 16.4. The molecule has 16 amide bonds. The molecule has 23 N–H and O–H groups in total. The average molecular weight is 1500 g/mol. The van der Waals surface area contributed by atoms with E-state index in [0.717, 1.165) is 6.92 Å². The van der Waals surface area contributed by atoms with Gasteiger partial charge in [0.25, 0.3) is 0 Å². The average Bonchev–Trinajstić information content (AvgIpc) is 1.70. The topological polar surface area (TPSA) is 609 Å². The highest BCUT2D eigenvalue weighted by Gasteiger charge is 2.42. The number of carboxylic acids is 1. The summed E-state index contributed by atoms with van der Waals surface area (Å²) in [6.07, 6.45) is -2.70. The van der Waals surface area contributed by atoms with Gasteiger partial charge >= 0.3 is 5.97 Å². The number of hydrogen-bond acceptors (Lipinski definition) is 21. The Morgan fingerprint density at radius 3 is 1.08 bits per heavy atom. The Bertz CT molecular complexity index is 3020. The van der Waals surface area contributed by atoms with Gasteiger partial charge in [0.15, 0.2) is 0 Å². The van der Waals surface area contributed by atoms with Crippen molar-refractivity contribution in [2.75, 3.05) is 26.3 Å². The van der Waals surface area contributed by atoms with Gasteiger partial charge in [-0.25, -0.2) is 0 Å². The van der Waals surface area contributed by atoms with Crippen LogP contribution in [0.1, 0.15) is 168 Å². The van der Waals surface area contributed by atoms with Crippen LogP contribution in [0, 0.1) is 35.5 Å². The summed E-state index contributed by atoms with van der Waals surface area (Å²) < 4.78 is 0. The molecule has 38 nitrogen and oxygen atoms in total. The third-order valence-corrected chi connectivity index (χ3v) is 16.3. The number of aliphatic hydroxyl groups excluding tert-OH is 3. The molecular weight excluding hydrogens is 1380 g/mol. The number of carbonyl (C=O) groups is 17. The van der Waals surface area contributed by atoms with Crippen molar-refractivity contribution in [3.8, 4) is 0 Å². The molecule has 0 aromatic heterocycles. The Kier molecular flexibility index (Phi) is 41.0. The van der Waals surface area contributed by atoms with Gasteiger partial charge in [-0.15, -0.1) is 0 Å². The summed E-state index contributed by atoms with van der Waals surface area (Å²) in [4.78, 5) is 229. The third kappa shape index (κ3) is 34.5. The third-order valence-electron chi connectivity index (χ3n) is 16.3. The summed E-state index contributed by atoms with van der Waals surface area (Å²) in [6, 6.07) is -20.8. The van der Waals surface area contributed by atoms with Crippen LogP contribution in [-0.2, 0) is 81.5 Å². The Balaban J connectivity index is 3.33. The van der Waals surface area contributed by atoms with E-state index in [1.165, 1.54) is 18.7 Å². The highest BCUT2D eigenvalue weighted by Crippen LogP contribution is 2.22. The van der Waals surface area contributed by atoms with Crippen molar-refractivity contribution in [2.24, 2.45) is 52.7 Å². The van der Waals surface area contributed by atoms with E-state index in [4.69, 9.17) is 17.2 Å². The van der Waals surface area contributed by atoms with Gasteiger partial charge in [-0.3, -0.25) is 81.5 Å². The largest absolute Gasteiger partial charge is 0.481 e. The molecule has 38 heteroatoms. The van der Waals surface area contributed by atoms with Gasteiger partial charge < -0.3 is 112 Å². The number of primary amides is 2. The molecule has 0 aliphatic carbocycles. The zero-order valence-electron chi connectivity index (χ0n) is 62.9. The highest BCUT2D eigenvalue weighted by molar-refractivity contribution is 6.01. The SMILES string of the molecule is CC(C)C[C@H](NC(=O)[C@H](C)NC(=O)[C@H](CC(=O)O)NC(=O)[C@H](CC(C)C)NC(=O)[C@H]1CCCN1C(=O)[C@H](CC(C)C)NC(=O)[C@H](C)NC(=O)[C@H](CC(N)=O)NC(=O)[C@H](CC(C)C)NC(=O)[C@@H](N)CC(C)C)C(=O)N[C@@H](CO)C(=O)N[C@@H](CO)C(=O)N[C@@H](CC(C)C)C(=O)N[C@H](C(=O)NCC(N)=O)[C@H](C)O. The summed E-state index contributed by atoms with van der Waals surface area (Å²) in [7, 11) is 0. The van der Waals surface area contributed by atoms with Gasteiger partial charge in [0.1, 0.15) is 78.5 Å². The van der Waals surface area contributed by atoms with Crippen LogP contribution in [0.15, 0.2) is 0 Å². The monoisotopic (exact) mass is 1500 g/mol. The van der Waals surface area contributed by atoms with Crippen molar-refractivity contribution >= 4 is 100 Å². The number of carbonyl (C=O) groups excluding carboxylic acids is 16. The molecule has 105 heavy (non-hydrogen) atoms. The van der Waals surface area contributed by atoms with E-state index in [0.29, 0.717) is 6.42 Å². The maximum atomic E-state index is 14.5. The minimum Gasteiger partial charge on any atom is -0.481 e. The van der Waals surface area contributed by atoms with E-state index in [2.05, 4.69) is 69.1 Å². The molecule has 1 heterocycles. The fraction of sp³-hybridized carbons (Fsp3) is 0.746. The van der Waals surface area contributed by atoms with Crippen LogP contribution in [0.2, 0.25) is 0 Å². The lowest BCUT2D eigenvalue weighted by molar-refractivity contribution is -0.143. The fourth-order valence-corrected chi connectivity index (χ4v) is 11.0. The van der Waals surface area contributed by atoms with Gasteiger partial charge in [0.2, 0.25) is 94.5 Å². The van der Waals surface area contributed by atoms with E-state index in [-0.39, 0.29) is 87.0 Å². The lowest BCUT2D eigenvalue weighted by Gasteiger charge is -2.31. The summed E-state index contributed by atoms with van der Waals surface area (Å²) in [5.41, 5.74) is 16.6. The summed E-state index contributed by atoms with van der Waals surface area (Å²) >= 11 is 0. The normalized spacial score (nSPS) is 16.9. The quantitative estimate of drug-likeness (QED) is 0.0270. The lowest BCUT2D eigenvalue weighted by Crippen LogP contribution is -2.62. The second kappa shape index (κ2) is 45.9. The predicted molar refractivity (Wildman–Crippen MR) is 378 cm³/mol. The molecule has 0 saturated carbocycles. The number of aliphatic carboxylic acids is 1. The number of likely N-dealkylation sites (tertiary alicyclic amines) is 1. The first-order valence-corrected chi connectivity index (χ1v) is 35.4. The van der Waals surface area contributed by atoms with Crippen molar-refractivity contribution in [3.63, 3.8) is 0 Å². The van der Waals surface area contributed by atoms with Crippen molar-refractivity contribution in [2.45, 2.75) is 259 Å². The standard InChI is InChI=1S/C67H117N17O21/c1-30(2)19-39(68)56(94)75-41(21-32(5)6)59(97)77-44(25-50(69)88)57(95)72-37(14)55(93)80-46(24-35(11)12)67(105)84-18-16-17-49(84)65(103)79-42(22-33(7)8)60(98)78-45(26-52(90)91)58(96)73-36(13)54(92)74-40(20-31(3)4)61(99)81-48(29-86)64(102)82-47(28-85)63(101)76-43(23-34(9)10)62(100)83-53(38(15)87)66(104)71-27-51(70)89/h30-49,53,85-87H,16-29,68H2,1-15H3,(H2,69,88)(H2,70,89)(H,71,104)(H,72,95)(H,73,96)(H,74,92)(H,75,94)(H,76,101)(H,77,97)(H,78,98)(H,79,103)(H,80,93)(H,81,99)(H,82,102)(H,83,100)(H,90,91)/t36-,37-,38-,39-,40-,41-,42-,43-,44-,45-,46-,47-,48-,49+,53-/m0/s1. The first kappa shape index (κ1) is 93.8. The van der Waals surface area contributed by atoms with Gasteiger partial charge in [0.05, 0.1) is 44.7 Å². The smallest absolute Gasteiger partial charge is 0.305 e. The molecule has 15 atom stereocenters. The second-order valence-corrected chi connectivity index (χ2v) is 29.1. The number of hydrogen-bond donors (Lipinski definition) is 20. The molecule has 0 unspecified atom stereocenters. The van der Waals surface area contributed by atoms with Crippen LogP contribution >= 0.6 is 0 Å². The molecular formula is C67H117N17O21. The molecule has 0 bridgehead atoms. The number of amides is 16. The minimum atomic E-state index is -1.90. The van der Waals surface area contributed by atoms with Gasteiger partial charge in [-0.2, -0.15) is 0 Å². The van der Waals surface area contributed by atoms with Crippen LogP contribution < -0.4 is 86.3 Å². The predicted octanol–water partition coefficient (Wildman–Crippen LogP) is -6.24. The molecule has 0 aromatic carbocycles. The molecule has 0 radical (unpaired) electrons. The minimum absolute atomic E-state index is 0.0175. The van der Waals surface area contributed by atoms with Crippen LogP contribution in [0.5, 0.6) is 0 Å². The lowest BCUT2D eigenvalue weighted by atomic mass is 10.00. The first-order chi connectivity index (χ1) is 48.7. The van der Waals surface area contributed by atoms with Crippen LogP contribution in [-0.4, -0.2) is 243 Å². The Morgan fingerprint density at radius 1 is 0.381 bits per heavy atom. The maximum Gasteiger partial charge on any atom is 0.305 e. The number of nitrogens with zero attached hydrogens (tertiary/aromatic N) is 1. The molecule has 1 saturated heterocycles. The molecule has 1 fully saturated rings. The number of aliphatic hydroxyl groups is 3. The first-order valence-electron chi connectivity index (χ1n) is 35.4. The maximum absolute atomic E-state index is 14.5. The second-order valence-electron chi connectivity index (χ2n) is 29.1. The zero-order valence-corrected chi connectivity index (χ0v) is 62.9. The van der Waals surface area contributed by atoms with Gasteiger partial charge in [-0.05, 0) is 108 Å². The molecule has 1 rings (SSSR count). The van der Waals surface area contributed by atoms with Crippen molar-refractivity contribution in [1.82, 2.24) is 74.0 Å². The van der Waals surface area contributed by atoms with E-state index < -0.39 is 224 Å². The molecule has 596 valence electrons. The van der Waals surface area contributed by atoms with Crippen molar-refractivity contribution < 1.29 is 102 Å². The fourth-order valence-electron chi connectivity index (χ4n) is 11.0. The van der Waals surface area contributed by atoms with Crippen LogP contribution in [0.4, 0.5) is 0 Å². The van der Waals surface area contributed by atoms with Gasteiger partial charge in [-0.1, -0.05) is 83.1 Å². The Hall–Kier alpha value is -9.17. The Morgan fingerprint density at radius 2 is 0.705 bits per heavy atom. The van der Waals surface area contributed by atoms with E-state index in [1.807, 2.05) is 13.8 Å². The summed E-state index contributed by atoms with van der Waals surface area (Å²) in [5, 5.41) is 71.7. The number of rotatable bonds is 47. The summed E-state index contributed by atoms with van der Waals surface area (Å²) in [6.45, 7) is 21.7. The molecule has 0 spiro atoms. The summed E-state index contributed by atoms with van der Waals surface area (Å²) in [5.74, 6) is -18.3. The van der Waals surface area contributed by atoms with Crippen molar-refractivity contribution in [1.29, 1.82) is 0 Å². The number of nitrogens with one attached hydrogen (secondary N) is 13. The molecule has 0 aromatic rings. The van der Waals surface area contributed by atoms with Crippen LogP contribution in [0.25, 0.3) is 0 Å². The number of carboxylic acid groups (broad SMARTS) is 1. The number of nitrogens with two attached hydrogens (primary N) is 3. The molecule has 1 aliphatic rings. The van der Waals surface area contributed by atoms with Crippen molar-refractivity contribution in [3.05, 3.63) is 0 Å². The molecule has 1 aliphatic heterocycles. The van der Waals surface area contributed by atoms with Gasteiger partial charge in [0, 0.05) is 6.54 Å². The zero-order chi connectivity index (χ0) is 80.6. The van der Waals surface area contributed by atoms with E-state index in [1.54, 1.807) is 69.2 Å².